The van der Waals surface area contributed by atoms with Crippen LogP contribution in [-0.4, -0.2) is 52.9 Å². The minimum atomic E-state index is -4.59. The number of amides is 1. The highest BCUT2D eigenvalue weighted by molar-refractivity contribution is 5.84. The molecule has 18 heavy (non-hydrogen) atoms. The standard InChI is InChI=1S/C10H16F3NO4/c1-9(2,8(17)18)5-7(16)14(3-4-15)6-10(11,12)13/h15H,3-6H2,1-2H3,(H,17,18). The van der Waals surface area contributed by atoms with Crippen LogP contribution in [0.15, 0.2) is 0 Å². The van der Waals surface area contributed by atoms with Gasteiger partial charge in [0.25, 0.3) is 0 Å². The Bertz CT molecular complexity index is 315. The molecule has 0 atom stereocenters. The number of carbonyl (C=O) groups excluding carboxylic acids is 1. The number of aliphatic hydroxyl groups excluding tert-OH is 1. The molecule has 0 aromatic heterocycles. The topological polar surface area (TPSA) is 77.8 Å². The van der Waals surface area contributed by atoms with Crippen LogP contribution in [0.5, 0.6) is 0 Å². The maximum absolute atomic E-state index is 12.2. The number of carboxylic acid groups (broad SMARTS) is 1. The van der Waals surface area contributed by atoms with Crippen LogP contribution in [-0.2, 0) is 9.59 Å². The van der Waals surface area contributed by atoms with Crippen molar-refractivity contribution in [1.82, 2.24) is 4.90 Å². The van der Waals surface area contributed by atoms with Crippen LogP contribution < -0.4 is 0 Å². The molecule has 8 heteroatoms. The van der Waals surface area contributed by atoms with E-state index >= 15 is 0 Å². The van der Waals surface area contributed by atoms with Gasteiger partial charge in [0.2, 0.25) is 5.91 Å². The molecular formula is C10H16F3NO4. The molecule has 0 fully saturated rings. The van der Waals surface area contributed by atoms with E-state index in [1.165, 1.54) is 13.8 Å². The van der Waals surface area contributed by atoms with Gasteiger partial charge in [0.15, 0.2) is 0 Å². The Kier molecular flexibility index (Phi) is 5.59. The SMILES string of the molecule is CC(C)(CC(=O)N(CCO)CC(F)(F)F)C(=O)O. The molecule has 0 saturated carbocycles. The number of rotatable bonds is 6. The van der Waals surface area contributed by atoms with Crippen LogP contribution in [0.4, 0.5) is 13.2 Å². The lowest BCUT2D eigenvalue weighted by Gasteiger charge is -2.26. The molecule has 0 aliphatic rings. The van der Waals surface area contributed by atoms with Crippen molar-refractivity contribution in [1.29, 1.82) is 0 Å². The smallest absolute Gasteiger partial charge is 0.406 e. The summed E-state index contributed by atoms with van der Waals surface area (Å²) in [5.74, 6) is -2.22. The van der Waals surface area contributed by atoms with Crippen molar-refractivity contribution in [2.75, 3.05) is 19.7 Å². The van der Waals surface area contributed by atoms with Gasteiger partial charge in [0.05, 0.1) is 12.0 Å². The molecule has 1 amide bonds. The van der Waals surface area contributed by atoms with Gasteiger partial charge in [0.1, 0.15) is 6.54 Å². The van der Waals surface area contributed by atoms with E-state index in [0.29, 0.717) is 4.90 Å². The maximum Gasteiger partial charge on any atom is 0.406 e. The monoisotopic (exact) mass is 271 g/mol. The second-order valence-corrected chi connectivity index (χ2v) is 4.52. The zero-order chi connectivity index (χ0) is 14.6. The fraction of sp³-hybridized carbons (Fsp3) is 0.800. The molecule has 0 aromatic carbocycles. The van der Waals surface area contributed by atoms with Crippen LogP contribution >= 0.6 is 0 Å². The summed E-state index contributed by atoms with van der Waals surface area (Å²) in [5.41, 5.74) is -1.45. The van der Waals surface area contributed by atoms with Crippen LogP contribution in [0, 0.1) is 5.41 Å². The highest BCUT2D eigenvalue weighted by Gasteiger charge is 2.36. The van der Waals surface area contributed by atoms with Gasteiger partial charge in [-0.2, -0.15) is 13.2 Å². The zero-order valence-electron chi connectivity index (χ0n) is 10.1. The Morgan fingerprint density at radius 1 is 1.22 bits per heavy atom. The van der Waals surface area contributed by atoms with Crippen molar-refractivity contribution in [2.24, 2.45) is 5.41 Å². The van der Waals surface area contributed by atoms with E-state index in [1.807, 2.05) is 0 Å². The summed E-state index contributed by atoms with van der Waals surface area (Å²) in [4.78, 5) is 22.8. The number of carbonyl (C=O) groups is 2. The second-order valence-electron chi connectivity index (χ2n) is 4.52. The summed E-state index contributed by atoms with van der Waals surface area (Å²) in [5, 5.41) is 17.4. The highest BCUT2D eigenvalue weighted by Crippen LogP contribution is 2.23. The van der Waals surface area contributed by atoms with Gasteiger partial charge in [-0.25, -0.2) is 0 Å². The summed E-state index contributed by atoms with van der Waals surface area (Å²) in [6.07, 6.45) is -5.14. The van der Waals surface area contributed by atoms with E-state index < -0.39 is 49.6 Å². The number of nitrogens with zero attached hydrogens (tertiary/aromatic N) is 1. The Morgan fingerprint density at radius 2 is 1.72 bits per heavy atom. The third-order valence-corrected chi connectivity index (χ3v) is 2.26. The molecule has 0 aliphatic carbocycles. The van der Waals surface area contributed by atoms with Crippen molar-refractivity contribution in [3.8, 4) is 0 Å². The Balaban J connectivity index is 4.73. The van der Waals surface area contributed by atoms with Crippen molar-refractivity contribution < 1.29 is 33.0 Å². The largest absolute Gasteiger partial charge is 0.481 e. The molecule has 0 unspecified atom stereocenters. The summed E-state index contributed by atoms with van der Waals surface area (Å²) in [6.45, 7) is -0.0959. The highest BCUT2D eigenvalue weighted by atomic mass is 19.4. The summed E-state index contributed by atoms with van der Waals surface area (Å²) in [7, 11) is 0. The molecule has 0 bridgehead atoms. The second kappa shape index (κ2) is 6.03. The summed E-state index contributed by atoms with van der Waals surface area (Å²) >= 11 is 0. The fourth-order valence-electron chi connectivity index (χ4n) is 1.19. The number of carboxylic acids is 1. The average Bonchev–Trinajstić information content (AvgIpc) is 2.13. The normalized spacial score (nSPS) is 12.3. The fourth-order valence-corrected chi connectivity index (χ4v) is 1.19. The number of hydrogen-bond acceptors (Lipinski definition) is 3. The number of aliphatic hydroxyl groups is 1. The molecule has 0 spiro atoms. The van der Waals surface area contributed by atoms with E-state index in [1.54, 1.807) is 0 Å². The summed E-state index contributed by atoms with van der Waals surface area (Å²) in [6, 6.07) is 0. The Hall–Kier alpha value is -1.31. The molecule has 0 radical (unpaired) electrons. The molecule has 0 heterocycles. The van der Waals surface area contributed by atoms with Gasteiger partial charge in [-0.05, 0) is 13.8 Å². The van der Waals surface area contributed by atoms with Crippen LogP contribution in [0.1, 0.15) is 20.3 Å². The van der Waals surface area contributed by atoms with Crippen molar-refractivity contribution in [3.05, 3.63) is 0 Å². The lowest BCUT2D eigenvalue weighted by atomic mass is 9.89. The first-order valence-electron chi connectivity index (χ1n) is 5.18. The number of halogens is 3. The van der Waals surface area contributed by atoms with E-state index in [4.69, 9.17) is 10.2 Å². The lowest BCUT2D eigenvalue weighted by Crippen LogP contribution is -2.43. The van der Waals surface area contributed by atoms with Crippen LogP contribution in [0.3, 0.4) is 0 Å². The van der Waals surface area contributed by atoms with Crippen molar-refractivity contribution in [3.63, 3.8) is 0 Å². The summed E-state index contributed by atoms with van der Waals surface area (Å²) < 4.78 is 36.6. The quantitative estimate of drug-likeness (QED) is 0.751. The van der Waals surface area contributed by atoms with Gasteiger partial charge >= 0.3 is 12.1 Å². The molecule has 2 N–H and O–H groups in total. The minimum absolute atomic E-state index is 0.407. The predicted octanol–water partition coefficient (Wildman–Crippen LogP) is 0.871. The van der Waals surface area contributed by atoms with Gasteiger partial charge in [0, 0.05) is 13.0 Å². The van der Waals surface area contributed by atoms with Crippen LogP contribution in [0.25, 0.3) is 0 Å². The van der Waals surface area contributed by atoms with E-state index in [-0.39, 0.29) is 0 Å². The van der Waals surface area contributed by atoms with E-state index in [0.717, 1.165) is 0 Å². The molecular weight excluding hydrogens is 255 g/mol. The van der Waals surface area contributed by atoms with Crippen molar-refractivity contribution >= 4 is 11.9 Å². The van der Waals surface area contributed by atoms with Gasteiger partial charge in [-0.15, -0.1) is 0 Å². The van der Waals surface area contributed by atoms with Crippen LogP contribution in [0.2, 0.25) is 0 Å². The molecule has 0 rings (SSSR count). The van der Waals surface area contributed by atoms with Crippen molar-refractivity contribution in [2.45, 2.75) is 26.4 Å². The molecule has 0 saturated heterocycles. The minimum Gasteiger partial charge on any atom is -0.481 e. The van der Waals surface area contributed by atoms with Gasteiger partial charge in [-0.1, -0.05) is 0 Å². The lowest BCUT2D eigenvalue weighted by molar-refractivity contribution is -0.165. The molecule has 5 nitrogen and oxygen atoms in total. The molecule has 106 valence electrons. The zero-order valence-corrected chi connectivity index (χ0v) is 10.1. The number of hydrogen-bond donors (Lipinski definition) is 2. The van der Waals surface area contributed by atoms with E-state index in [9.17, 15) is 22.8 Å². The molecule has 0 aromatic rings. The number of alkyl halides is 3. The Labute approximate surface area is 102 Å². The number of aliphatic carboxylic acids is 1. The first-order valence-corrected chi connectivity index (χ1v) is 5.18. The van der Waals surface area contributed by atoms with Gasteiger partial charge in [-0.3, -0.25) is 9.59 Å². The predicted molar refractivity (Wildman–Crippen MR) is 55.8 cm³/mol. The average molecular weight is 271 g/mol. The van der Waals surface area contributed by atoms with Gasteiger partial charge < -0.3 is 15.1 Å². The third-order valence-electron chi connectivity index (χ3n) is 2.26. The first-order chi connectivity index (χ1) is 7.99. The first kappa shape index (κ1) is 16.7. The molecule has 0 aliphatic heterocycles. The maximum atomic E-state index is 12.2. The third kappa shape index (κ3) is 5.85. The van der Waals surface area contributed by atoms with E-state index in [2.05, 4.69) is 0 Å². The Morgan fingerprint density at radius 3 is 2.06 bits per heavy atom.